The van der Waals surface area contributed by atoms with Crippen molar-refractivity contribution in [3.63, 3.8) is 0 Å². The number of hydrogen-bond donors (Lipinski definition) is 4. The topological polar surface area (TPSA) is 142 Å². The summed E-state index contributed by atoms with van der Waals surface area (Å²) in [4.78, 5) is 41.2. The van der Waals surface area contributed by atoms with Crippen molar-refractivity contribution in [2.45, 2.75) is 148 Å². The van der Waals surface area contributed by atoms with Crippen LogP contribution >= 0.6 is 0 Å². The van der Waals surface area contributed by atoms with E-state index in [0.29, 0.717) is 37.1 Å². The van der Waals surface area contributed by atoms with Gasteiger partial charge in [0.2, 0.25) is 5.91 Å². The first-order chi connectivity index (χ1) is 24.1. The molecule has 3 aliphatic rings. The number of rotatable bonds is 12. The van der Waals surface area contributed by atoms with Gasteiger partial charge in [0, 0.05) is 41.6 Å². The number of alkyl carbamates (subject to hydrolysis) is 1. The molecule has 3 atom stereocenters. The molecule has 0 bridgehead atoms. The van der Waals surface area contributed by atoms with Crippen LogP contribution in [0.2, 0.25) is 0 Å². The largest absolute Gasteiger partial charge is 0.490 e. The molecule has 3 amide bonds. The first kappa shape index (κ1) is 38.0. The summed E-state index contributed by atoms with van der Waals surface area (Å²) in [7, 11) is 0. The van der Waals surface area contributed by atoms with Gasteiger partial charge in [0.25, 0.3) is 5.91 Å². The number of benzene rings is 2. The second-order valence-electron chi connectivity index (χ2n) is 15.9. The van der Waals surface area contributed by atoms with Gasteiger partial charge in [-0.1, -0.05) is 44.9 Å². The first-order valence-corrected chi connectivity index (χ1v) is 18.7. The fourth-order valence-corrected chi connectivity index (χ4v) is 7.47. The Hall–Kier alpha value is -4.28. The van der Waals surface area contributed by atoms with Crippen LogP contribution in [0.5, 0.6) is 11.5 Å². The maximum Gasteiger partial charge on any atom is 0.407 e. The number of para-hydroxylation sites is 1. The molecule has 0 unspecified atom stereocenters. The molecule has 0 aliphatic carbocycles. The summed E-state index contributed by atoms with van der Waals surface area (Å²) in [6, 6.07) is 12.6. The van der Waals surface area contributed by atoms with Crippen LogP contribution in [-0.4, -0.2) is 58.2 Å². The van der Waals surface area contributed by atoms with Crippen LogP contribution in [-0.2, 0) is 9.53 Å². The lowest BCUT2D eigenvalue weighted by Crippen LogP contribution is -2.63. The van der Waals surface area contributed by atoms with Gasteiger partial charge in [-0.2, -0.15) is 0 Å². The number of amides is 3. The van der Waals surface area contributed by atoms with E-state index in [4.69, 9.17) is 19.6 Å². The second kappa shape index (κ2) is 15.5. The Kier molecular flexibility index (Phi) is 11.6. The van der Waals surface area contributed by atoms with Crippen molar-refractivity contribution in [3.8, 4) is 11.5 Å². The molecule has 1 saturated heterocycles. The molecule has 2 aromatic rings. The fraction of sp³-hybridized carbons (Fsp3) is 0.600. The Bertz CT molecular complexity index is 1580. The molecular weight excluding hydrogens is 646 g/mol. The highest BCUT2D eigenvalue weighted by molar-refractivity contribution is 6.00. The first-order valence-electron chi connectivity index (χ1n) is 18.7. The van der Waals surface area contributed by atoms with Crippen molar-refractivity contribution >= 4 is 23.9 Å². The minimum atomic E-state index is -0.522. The van der Waals surface area contributed by atoms with Crippen molar-refractivity contribution in [2.24, 2.45) is 0 Å². The molecule has 0 radical (unpaired) electrons. The maximum atomic E-state index is 13.9. The van der Waals surface area contributed by atoms with Gasteiger partial charge < -0.3 is 30.2 Å². The van der Waals surface area contributed by atoms with E-state index in [1.165, 1.54) is 0 Å². The number of hydrogen-bond acceptors (Lipinski definition) is 7. The summed E-state index contributed by atoms with van der Waals surface area (Å²) in [5.74, 6) is 1.19. The predicted octanol–water partition coefficient (Wildman–Crippen LogP) is 7.70. The SMILES string of the molecule is CCC1(CC)CC(=O)N([C@@H]2C[C@@H](CCCCCCNC(=O)OC(C)(C)C)Oc3ccc(C(=O)N[C@H]4CC(C)(C)Oc5ccccc54)cc32)C(=N)N1. The predicted molar refractivity (Wildman–Crippen MR) is 197 cm³/mol. The third kappa shape index (κ3) is 9.34. The molecular formula is C40H57N5O6. The zero-order valence-corrected chi connectivity index (χ0v) is 31.4. The maximum absolute atomic E-state index is 13.9. The molecule has 1 fully saturated rings. The van der Waals surface area contributed by atoms with E-state index in [1.54, 1.807) is 11.0 Å². The van der Waals surface area contributed by atoms with E-state index in [-0.39, 0.29) is 29.9 Å². The highest BCUT2D eigenvalue weighted by Crippen LogP contribution is 2.43. The molecule has 0 aromatic heterocycles. The van der Waals surface area contributed by atoms with E-state index < -0.39 is 28.9 Å². The minimum Gasteiger partial charge on any atom is -0.490 e. The Balaban J connectivity index is 1.29. The normalized spacial score (nSPS) is 22.0. The van der Waals surface area contributed by atoms with Crippen LogP contribution in [0.25, 0.3) is 0 Å². The quantitative estimate of drug-likeness (QED) is 0.166. The van der Waals surface area contributed by atoms with E-state index in [0.717, 1.165) is 61.8 Å². The summed E-state index contributed by atoms with van der Waals surface area (Å²) in [5, 5.41) is 18.5. The summed E-state index contributed by atoms with van der Waals surface area (Å²) in [5.41, 5.74) is 0.753. The number of nitrogens with one attached hydrogen (secondary N) is 4. The smallest absolute Gasteiger partial charge is 0.407 e. The number of ether oxygens (including phenoxy) is 3. The van der Waals surface area contributed by atoms with Gasteiger partial charge in [-0.3, -0.25) is 19.9 Å². The molecule has 3 aliphatic heterocycles. The van der Waals surface area contributed by atoms with Crippen molar-refractivity contribution in [1.82, 2.24) is 20.9 Å². The van der Waals surface area contributed by atoms with E-state index in [9.17, 15) is 14.4 Å². The van der Waals surface area contributed by atoms with Crippen molar-refractivity contribution < 1.29 is 28.6 Å². The van der Waals surface area contributed by atoms with Crippen molar-refractivity contribution in [3.05, 3.63) is 59.2 Å². The molecule has 2 aromatic carbocycles. The van der Waals surface area contributed by atoms with Gasteiger partial charge in [-0.15, -0.1) is 0 Å². The van der Waals surface area contributed by atoms with E-state index in [1.807, 2.05) is 84.9 Å². The molecule has 278 valence electrons. The monoisotopic (exact) mass is 703 g/mol. The molecule has 0 saturated carbocycles. The number of carbonyl (C=O) groups is 3. The van der Waals surface area contributed by atoms with Gasteiger partial charge >= 0.3 is 6.09 Å². The molecule has 3 heterocycles. The number of guanidine groups is 1. The van der Waals surface area contributed by atoms with E-state index in [2.05, 4.69) is 16.0 Å². The van der Waals surface area contributed by atoms with Crippen LogP contribution in [0.1, 0.15) is 146 Å². The highest BCUT2D eigenvalue weighted by atomic mass is 16.6. The van der Waals surface area contributed by atoms with Crippen LogP contribution in [0, 0.1) is 5.41 Å². The molecule has 11 nitrogen and oxygen atoms in total. The zero-order valence-electron chi connectivity index (χ0n) is 31.4. The number of carbonyl (C=O) groups excluding carboxylic acids is 3. The lowest BCUT2D eigenvalue weighted by molar-refractivity contribution is -0.133. The number of fused-ring (bicyclic) bond motifs is 2. The Morgan fingerprint density at radius 2 is 1.75 bits per heavy atom. The molecule has 0 spiro atoms. The van der Waals surface area contributed by atoms with E-state index >= 15 is 0 Å². The fourth-order valence-electron chi connectivity index (χ4n) is 7.47. The third-order valence-electron chi connectivity index (χ3n) is 10.3. The highest BCUT2D eigenvalue weighted by Gasteiger charge is 2.45. The Morgan fingerprint density at radius 3 is 2.45 bits per heavy atom. The van der Waals surface area contributed by atoms with Crippen molar-refractivity contribution in [2.75, 3.05) is 6.54 Å². The van der Waals surface area contributed by atoms with Gasteiger partial charge in [-0.25, -0.2) is 4.79 Å². The molecule has 4 N–H and O–H groups in total. The zero-order chi connectivity index (χ0) is 37.0. The third-order valence-corrected chi connectivity index (χ3v) is 10.3. The van der Waals surface area contributed by atoms with Gasteiger partial charge in [0.1, 0.15) is 28.8 Å². The average Bonchev–Trinajstić information content (AvgIpc) is 3.05. The van der Waals surface area contributed by atoms with Crippen LogP contribution < -0.4 is 25.4 Å². The molecule has 5 rings (SSSR count). The van der Waals surface area contributed by atoms with Gasteiger partial charge in [-0.05, 0) is 91.0 Å². The van der Waals surface area contributed by atoms with Crippen LogP contribution in [0.4, 0.5) is 4.79 Å². The second-order valence-corrected chi connectivity index (χ2v) is 15.9. The van der Waals surface area contributed by atoms with Crippen molar-refractivity contribution in [1.29, 1.82) is 5.41 Å². The molecule has 51 heavy (non-hydrogen) atoms. The summed E-state index contributed by atoms with van der Waals surface area (Å²) in [6.07, 6.45) is 6.82. The summed E-state index contributed by atoms with van der Waals surface area (Å²) in [6.45, 7) is 14.2. The summed E-state index contributed by atoms with van der Waals surface area (Å²) < 4.78 is 18.0. The standard InChI is InChI=1S/C40H57N5O6/c1-8-40(9-2)25-34(46)45(36(41)44-40)31-23-27(16-12-10-11-15-21-42-37(48)51-38(3,4)5)49-32-20-19-26(22-29(31)32)35(47)43-30-24-39(6,7)50-33-18-14-13-17-28(30)33/h13-14,17-20,22,27,30-31H,8-12,15-16,21,23-25H2,1-7H3,(H2,41,44)(H,42,48)(H,43,47)/t27-,30+,31-/m1/s1. The van der Waals surface area contributed by atoms with Gasteiger partial charge in [0.05, 0.1) is 18.5 Å². The summed E-state index contributed by atoms with van der Waals surface area (Å²) >= 11 is 0. The lowest BCUT2D eigenvalue weighted by atomic mass is 9.85. The average molecular weight is 704 g/mol. The minimum absolute atomic E-state index is 0.0903. The lowest BCUT2D eigenvalue weighted by Gasteiger charge is -2.46. The Morgan fingerprint density at radius 1 is 1.02 bits per heavy atom. The molecule has 11 heteroatoms. The van der Waals surface area contributed by atoms with Crippen LogP contribution in [0.3, 0.4) is 0 Å². The Labute approximate surface area is 303 Å². The van der Waals surface area contributed by atoms with Gasteiger partial charge in [0.15, 0.2) is 5.96 Å². The van der Waals surface area contributed by atoms with Crippen LogP contribution in [0.15, 0.2) is 42.5 Å². The number of nitrogens with zero attached hydrogens (tertiary/aromatic N) is 1. The number of unbranched alkanes of at least 4 members (excludes halogenated alkanes) is 3.